The minimum Gasteiger partial charge on any atom is -0.446 e. The Kier molecular flexibility index (Phi) is 7.19. The van der Waals surface area contributed by atoms with Gasteiger partial charge < -0.3 is 10.5 Å². The highest BCUT2D eigenvalue weighted by molar-refractivity contribution is 7.87. The lowest BCUT2D eigenvalue weighted by Crippen LogP contribution is -2.46. The molecule has 0 radical (unpaired) electrons. The second-order valence-electron chi connectivity index (χ2n) is 4.35. The molecule has 0 saturated heterocycles. The summed E-state index contributed by atoms with van der Waals surface area (Å²) in [5, 5.41) is 0. The van der Waals surface area contributed by atoms with Crippen LogP contribution in [0.2, 0.25) is 0 Å². The van der Waals surface area contributed by atoms with Crippen molar-refractivity contribution in [1.29, 1.82) is 0 Å². The minimum atomic E-state index is -3.87. The molecular formula is C10H23N3O4S. The Balaban J connectivity index is 4.62. The van der Waals surface area contributed by atoms with E-state index in [0.717, 1.165) is 4.31 Å². The van der Waals surface area contributed by atoms with E-state index in [0.29, 0.717) is 6.54 Å². The molecule has 1 atom stereocenters. The number of nitrogens with zero attached hydrogens (tertiary/aromatic N) is 1. The molecule has 0 aromatic heterocycles. The van der Waals surface area contributed by atoms with Crippen LogP contribution in [0.1, 0.15) is 27.7 Å². The minimum absolute atomic E-state index is 0.0163. The van der Waals surface area contributed by atoms with Gasteiger partial charge in [0.2, 0.25) is 0 Å². The SMILES string of the molecule is CCN(CC(C)CN)S(=O)(=O)NC(=O)OC(C)C. The zero-order chi connectivity index (χ0) is 14.3. The van der Waals surface area contributed by atoms with E-state index in [1.54, 1.807) is 20.8 Å². The number of nitrogens with two attached hydrogens (primary N) is 1. The van der Waals surface area contributed by atoms with Gasteiger partial charge in [-0.2, -0.15) is 12.7 Å². The van der Waals surface area contributed by atoms with Crippen molar-refractivity contribution in [3.63, 3.8) is 0 Å². The largest absolute Gasteiger partial charge is 0.446 e. The number of carbonyl (C=O) groups is 1. The molecule has 0 aliphatic carbocycles. The average molecular weight is 281 g/mol. The van der Waals surface area contributed by atoms with Crippen LogP contribution in [0.3, 0.4) is 0 Å². The van der Waals surface area contributed by atoms with Crippen molar-refractivity contribution in [3.05, 3.63) is 0 Å². The third kappa shape index (κ3) is 6.18. The van der Waals surface area contributed by atoms with E-state index in [1.807, 2.05) is 11.6 Å². The lowest BCUT2D eigenvalue weighted by atomic mass is 10.2. The summed E-state index contributed by atoms with van der Waals surface area (Å²) < 4.78 is 31.5. The van der Waals surface area contributed by atoms with E-state index in [9.17, 15) is 13.2 Å². The number of nitrogens with one attached hydrogen (secondary N) is 1. The molecule has 0 saturated carbocycles. The first-order chi connectivity index (χ1) is 8.22. The normalized spacial score (nSPS) is 13.7. The highest BCUT2D eigenvalue weighted by Gasteiger charge is 2.25. The van der Waals surface area contributed by atoms with Gasteiger partial charge in [-0.25, -0.2) is 9.52 Å². The Bertz CT molecular complexity index is 356. The van der Waals surface area contributed by atoms with Crippen LogP contribution in [0, 0.1) is 5.92 Å². The third-order valence-electron chi connectivity index (χ3n) is 2.17. The molecule has 0 heterocycles. The van der Waals surface area contributed by atoms with E-state index >= 15 is 0 Å². The third-order valence-corrected chi connectivity index (χ3v) is 3.68. The topological polar surface area (TPSA) is 102 Å². The molecule has 8 heteroatoms. The van der Waals surface area contributed by atoms with Gasteiger partial charge in [-0.05, 0) is 26.3 Å². The van der Waals surface area contributed by atoms with Gasteiger partial charge in [0.05, 0.1) is 6.10 Å². The predicted octanol–water partition coefficient (Wildman–Crippen LogP) is 0.283. The second kappa shape index (κ2) is 7.55. The first-order valence-electron chi connectivity index (χ1n) is 5.91. The van der Waals surface area contributed by atoms with E-state index < -0.39 is 16.3 Å². The van der Waals surface area contributed by atoms with Gasteiger partial charge in [0.1, 0.15) is 0 Å². The van der Waals surface area contributed by atoms with E-state index in [2.05, 4.69) is 0 Å². The Morgan fingerprint density at radius 3 is 2.33 bits per heavy atom. The number of hydrogen-bond donors (Lipinski definition) is 2. The summed E-state index contributed by atoms with van der Waals surface area (Å²) in [6.07, 6.45) is -1.35. The van der Waals surface area contributed by atoms with Gasteiger partial charge in [-0.15, -0.1) is 0 Å². The molecule has 18 heavy (non-hydrogen) atoms. The maximum absolute atomic E-state index is 11.9. The van der Waals surface area contributed by atoms with Crippen LogP contribution in [-0.2, 0) is 14.9 Å². The number of carbonyl (C=O) groups excluding carboxylic acids is 1. The van der Waals surface area contributed by atoms with Crippen molar-refractivity contribution in [2.45, 2.75) is 33.8 Å². The van der Waals surface area contributed by atoms with Crippen LogP contribution in [0.5, 0.6) is 0 Å². The fraction of sp³-hybridized carbons (Fsp3) is 0.900. The van der Waals surface area contributed by atoms with Crippen molar-refractivity contribution in [1.82, 2.24) is 9.03 Å². The second-order valence-corrected chi connectivity index (χ2v) is 6.02. The van der Waals surface area contributed by atoms with Crippen LogP contribution in [0.4, 0.5) is 4.79 Å². The van der Waals surface area contributed by atoms with Crippen molar-refractivity contribution in [2.75, 3.05) is 19.6 Å². The zero-order valence-electron chi connectivity index (χ0n) is 11.3. The van der Waals surface area contributed by atoms with Gasteiger partial charge in [0, 0.05) is 13.1 Å². The summed E-state index contributed by atoms with van der Waals surface area (Å²) in [4.78, 5) is 11.3. The zero-order valence-corrected chi connectivity index (χ0v) is 12.2. The highest BCUT2D eigenvalue weighted by Crippen LogP contribution is 2.04. The monoisotopic (exact) mass is 281 g/mol. The van der Waals surface area contributed by atoms with Crippen molar-refractivity contribution >= 4 is 16.3 Å². The van der Waals surface area contributed by atoms with Crippen LogP contribution < -0.4 is 10.5 Å². The Morgan fingerprint density at radius 1 is 1.39 bits per heavy atom. The molecule has 0 aliphatic heterocycles. The summed E-state index contributed by atoms with van der Waals surface area (Å²) in [7, 11) is -3.87. The van der Waals surface area contributed by atoms with E-state index in [4.69, 9.17) is 10.5 Å². The van der Waals surface area contributed by atoms with Crippen LogP contribution in [0.15, 0.2) is 0 Å². The fourth-order valence-corrected chi connectivity index (χ4v) is 2.41. The molecule has 0 aliphatic rings. The van der Waals surface area contributed by atoms with E-state index in [1.165, 1.54) is 0 Å². The Morgan fingerprint density at radius 2 is 1.94 bits per heavy atom. The molecule has 0 rings (SSSR count). The van der Waals surface area contributed by atoms with Gasteiger partial charge in [0.25, 0.3) is 0 Å². The Hall–Kier alpha value is -0.860. The molecule has 7 nitrogen and oxygen atoms in total. The molecule has 0 fully saturated rings. The standard InChI is InChI=1S/C10H23N3O4S/c1-5-13(7-9(4)6-11)18(15,16)12-10(14)17-8(2)3/h8-9H,5-7,11H2,1-4H3,(H,12,14). The van der Waals surface area contributed by atoms with Gasteiger partial charge in [-0.1, -0.05) is 13.8 Å². The lowest BCUT2D eigenvalue weighted by molar-refractivity contribution is 0.121. The molecule has 1 amide bonds. The van der Waals surface area contributed by atoms with Crippen LogP contribution >= 0.6 is 0 Å². The molecule has 0 spiro atoms. The first-order valence-corrected chi connectivity index (χ1v) is 7.35. The number of rotatable bonds is 7. The number of amides is 1. The molecule has 0 aromatic carbocycles. The summed E-state index contributed by atoms with van der Waals surface area (Å²) in [6, 6.07) is 0. The van der Waals surface area contributed by atoms with Crippen LogP contribution in [0.25, 0.3) is 0 Å². The van der Waals surface area contributed by atoms with Crippen molar-refractivity contribution in [2.24, 2.45) is 11.7 Å². The highest BCUT2D eigenvalue weighted by atomic mass is 32.2. The maximum atomic E-state index is 11.9. The molecule has 3 N–H and O–H groups in total. The first kappa shape index (κ1) is 17.1. The van der Waals surface area contributed by atoms with Crippen molar-refractivity contribution in [3.8, 4) is 0 Å². The lowest BCUT2D eigenvalue weighted by Gasteiger charge is -2.23. The van der Waals surface area contributed by atoms with Gasteiger partial charge in [0.15, 0.2) is 0 Å². The van der Waals surface area contributed by atoms with Crippen LogP contribution in [-0.4, -0.2) is 44.6 Å². The molecule has 0 aromatic rings. The molecule has 0 bridgehead atoms. The fourth-order valence-electron chi connectivity index (χ4n) is 1.23. The molecular weight excluding hydrogens is 258 g/mol. The molecule has 1 unspecified atom stereocenters. The van der Waals surface area contributed by atoms with Gasteiger partial charge in [-0.3, -0.25) is 0 Å². The van der Waals surface area contributed by atoms with Gasteiger partial charge >= 0.3 is 16.3 Å². The number of ether oxygens (including phenoxy) is 1. The smallest absolute Gasteiger partial charge is 0.422 e. The predicted molar refractivity (Wildman–Crippen MR) is 69.1 cm³/mol. The summed E-state index contributed by atoms with van der Waals surface area (Å²) in [5.74, 6) is 0.0163. The number of hydrogen-bond acceptors (Lipinski definition) is 5. The summed E-state index contributed by atoms with van der Waals surface area (Å²) >= 11 is 0. The summed E-state index contributed by atoms with van der Waals surface area (Å²) in [6.45, 7) is 7.70. The van der Waals surface area contributed by atoms with Crippen molar-refractivity contribution < 1.29 is 17.9 Å². The molecule has 108 valence electrons. The summed E-state index contributed by atoms with van der Waals surface area (Å²) in [5.41, 5.74) is 5.45. The average Bonchev–Trinajstić information content (AvgIpc) is 2.22. The quantitative estimate of drug-likeness (QED) is 0.698. The Labute approximate surface area is 109 Å². The van der Waals surface area contributed by atoms with E-state index in [-0.39, 0.29) is 25.1 Å². The maximum Gasteiger partial charge on any atom is 0.422 e.